The number of benzene rings is 2. The van der Waals surface area contributed by atoms with Crippen molar-refractivity contribution in [1.29, 1.82) is 0 Å². The molecule has 0 aliphatic rings. The number of rotatable bonds is 6. The van der Waals surface area contributed by atoms with Gasteiger partial charge in [0.25, 0.3) is 0 Å². The number of hydrogen-bond donors (Lipinski definition) is 0. The zero-order valence-electron chi connectivity index (χ0n) is 16.2. The molecule has 0 spiro atoms. The summed E-state index contributed by atoms with van der Waals surface area (Å²) in [6, 6.07) is 23.9. The average molecular weight is 414 g/mol. The minimum absolute atomic E-state index is 0.592. The molecule has 148 valence electrons. The van der Waals surface area contributed by atoms with Crippen LogP contribution in [0, 0.1) is 6.92 Å². The van der Waals surface area contributed by atoms with Crippen LogP contribution in [0.5, 0.6) is 0 Å². The van der Waals surface area contributed by atoms with E-state index in [9.17, 15) is 0 Å². The van der Waals surface area contributed by atoms with E-state index < -0.39 is 0 Å². The molecule has 6 nitrogen and oxygen atoms in total. The molecule has 0 aliphatic heterocycles. The van der Waals surface area contributed by atoms with Crippen LogP contribution >= 0.6 is 11.8 Å². The lowest BCUT2D eigenvalue weighted by atomic mass is 10.1. The van der Waals surface area contributed by atoms with Gasteiger partial charge in [0.15, 0.2) is 11.0 Å². The Morgan fingerprint density at radius 3 is 2.43 bits per heavy atom. The average Bonchev–Trinajstić information content (AvgIpc) is 3.53. The Bertz CT molecular complexity index is 1260. The van der Waals surface area contributed by atoms with Crippen molar-refractivity contribution in [2.24, 2.45) is 0 Å². The summed E-state index contributed by atoms with van der Waals surface area (Å²) in [5.41, 5.74) is 3.76. The van der Waals surface area contributed by atoms with E-state index in [0.717, 1.165) is 45.0 Å². The maximum absolute atomic E-state index is 5.54. The highest BCUT2D eigenvalue weighted by Crippen LogP contribution is 2.32. The quantitative estimate of drug-likeness (QED) is 0.328. The van der Waals surface area contributed by atoms with E-state index >= 15 is 0 Å². The van der Waals surface area contributed by atoms with Gasteiger partial charge in [-0.05, 0) is 25.1 Å². The molecule has 3 heterocycles. The Morgan fingerprint density at radius 1 is 0.933 bits per heavy atom. The van der Waals surface area contributed by atoms with Crippen LogP contribution in [0.1, 0.15) is 11.5 Å². The fourth-order valence-corrected chi connectivity index (χ4v) is 4.05. The Labute approximate surface area is 177 Å². The second kappa shape index (κ2) is 8.04. The lowest BCUT2D eigenvalue weighted by Crippen LogP contribution is -1.99. The van der Waals surface area contributed by atoms with Gasteiger partial charge in [0.05, 0.1) is 17.6 Å². The third-order valence-electron chi connectivity index (χ3n) is 4.72. The first-order valence-electron chi connectivity index (χ1n) is 9.49. The van der Waals surface area contributed by atoms with Gasteiger partial charge < -0.3 is 8.94 Å². The van der Waals surface area contributed by atoms with E-state index in [4.69, 9.17) is 8.94 Å². The first-order valence-corrected chi connectivity index (χ1v) is 10.5. The maximum Gasteiger partial charge on any atom is 0.196 e. The number of aromatic nitrogens is 4. The zero-order chi connectivity index (χ0) is 20.3. The van der Waals surface area contributed by atoms with Gasteiger partial charge in [0.1, 0.15) is 17.2 Å². The van der Waals surface area contributed by atoms with Crippen molar-refractivity contribution >= 4 is 11.8 Å². The number of para-hydroxylation sites is 1. The first kappa shape index (κ1) is 18.4. The summed E-state index contributed by atoms with van der Waals surface area (Å²) < 4.78 is 13.1. The molecule has 2 aromatic carbocycles. The number of furan rings is 1. The Balaban J connectivity index is 1.45. The van der Waals surface area contributed by atoms with Crippen LogP contribution < -0.4 is 0 Å². The highest BCUT2D eigenvalue weighted by atomic mass is 32.2. The van der Waals surface area contributed by atoms with Crippen molar-refractivity contribution in [1.82, 2.24) is 19.9 Å². The molecule has 0 fully saturated rings. The lowest BCUT2D eigenvalue weighted by molar-refractivity contribution is 0.397. The molecule has 0 saturated heterocycles. The largest absolute Gasteiger partial charge is 0.469 e. The van der Waals surface area contributed by atoms with Gasteiger partial charge in [-0.15, -0.1) is 10.2 Å². The Kier molecular flexibility index (Phi) is 4.94. The van der Waals surface area contributed by atoms with E-state index in [1.54, 1.807) is 18.0 Å². The van der Waals surface area contributed by atoms with Crippen LogP contribution in [0.25, 0.3) is 28.3 Å². The predicted molar refractivity (Wildman–Crippen MR) is 115 cm³/mol. The Morgan fingerprint density at radius 2 is 1.70 bits per heavy atom. The summed E-state index contributed by atoms with van der Waals surface area (Å²) in [6.45, 7) is 1.92. The molecule has 0 N–H and O–H groups in total. The molecule has 0 saturated carbocycles. The van der Waals surface area contributed by atoms with E-state index in [1.165, 1.54) is 0 Å². The highest BCUT2D eigenvalue weighted by molar-refractivity contribution is 7.98. The summed E-state index contributed by atoms with van der Waals surface area (Å²) in [6.07, 6.45) is 1.67. The van der Waals surface area contributed by atoms with Crippen molar-refractivity contribution in [3.8, 4) is 28.3 Å². The summed E-state index contributed by atoms with van der Waals surface area (Å²) in [5, 5.41) is 13.9. The molecular formula is C23H18N4O2S. The summed E-state index contributed by atoms with van der Waals surface area (Å²) >= 11 is 1.55. The van der Waals surface area contributed by atoms with Crippen LogP contribution in [0.2, 0.25) is 0 Å². The first-order chi connectivity index (χ1) is 14.8. The van der Waals surface area contributed by atoms with Gasteiger partial charge in [0.2, 0.25) is 0 Å². The molecule has 5 rings (SSSR count). The van der Waals surface area contributed by atoms with Gasteiger partial charge >= 0.3 is 0 Å². The molecular weight excluding hydrogens is 396 g/mol. The predicted octanol–water partition coefficient (Wildman–Crippen LogP) is 5.78. The summed E-state index contributed by atoms with van der Waals surface area (Å²) in [4.78, 5) is 0. The third kappa shape index (κ3) is 3.55. The van der Waals surface area contributed by atoms with Crippen LogP contribution in [0.3, 0.4) is 0 Å². The standard InChI is InChI=1S/C23H18N4O2S/c1-16-20(12-13-28-16)22-24-25-23(27(22)18-10-6-3-7-11-18)30-15-19-14-21(26-29-19)17-8-4-2-5-9-17/h2-14H,15H2,1H3. The third-order valence-corrected chi connectivity index (χ3v) is 5.67. The molecule has 0 bridgehead atoms. The van der Waals surface area contributed by atoms with Gasteiger partial charge in [0, 0.05) is 17.3 Å². The van der Waals surface area contributed by atoms with E-state index in [2.05, 4.69) is 15.4 Å². The van der Waals surface area contributed by atoms with E-state index in [1.807, 2.05) is 84.3 Å². The monoisotopic (exact) mass is 414 g/mol. The van der Waals surface area contributed by atoms with Crippen LogP contribution in [-0.4, -0.2) is 19.9 Å². The smallest absolute Gasteiger partial charge is 0.196 e. The van der Waals surface area contributed by atoms with Crippen molar-refractivity contribution in [2.45, 2.75) is 17.8 Å². The second-order valence-electron chi connectivity index (χ2n) is 6.70. The van der Waals surface area contributed by atoms with Gasteiger partial charge in [-0.3, -0.25) is 4.57 Å². The molecule has 0 amide bonds. The van der Waals surface area contributed by atoms with Crippen molar-refractivity contribution in [2.75, 3.05) is 0 Å². The fourth-order valence-electron chi connectivity index (χ4n) is 3.23. The minimum Gasteiger partial charge on any atom is -0.469 e. The van der Waals surface area contributed by atoms with E-state index in [0.29, 0.717) is 5.75 Å². The fraction of sp³-hybridized carbons (Fsp3) is 0.0870. The van der Waals surface area contributed by atoms with E-state index in [-0.39, 0.29) is 0 Å². The SMILES string of the molecule is Cc1occc1-c1nnc(SCc2cc(-c3ccccc3)no2)n1-c1ccccc1. The van der Waals surface area contributed by atoms with Gasteiger partial charge in [-0.1, -0.05) is 65.4 Å². The molecule has 0 aliphatic carbocycles. The Hall–Kier alpha value is -3.58. The number of nitrogens with zero attached hydrogens (tertiary/aromatic N) is 4. The molecule has 30 heavy (non-hydrogen) atoms. The maximum atomic E-state index is 5.54. The molecule has 7 heteroatoms. The van der Waals surface area contributed by atoms with Gasteiger partial charge in [-0.25, -0.2) is 0 Å². The van der Waals surface area contributed by atoms with Crippen molar-refractivity contribution < 1.29 is 8.94 Å². The highest BCUT2D eigenvalue weighted by Gasteiger charge is 2.19. The number of thioether (sulfide) groups is 1. The van der Waals surface area contributed by atoms with Crippen LogP contribution in [0.15, 0.2) is 93.2 Å². The topological polar surface area (TPSA) is 69.9 Å². The zero-order valence-corrected chi connectivity index (χ0v) is 17.0. The normalized spacial score (nSPS) is 11.1. The van der Waals surface area contributed by atoms with Crippen molar-refractivity contribution in [3.05, 3.63) is 90.6 Å². The van der Waals surface area contributed by atoms with Crippen LogP contribution in [0.4, 0.5) is 0 Å². The summed E-state index contributed by atoms with van der Waals surface area (Å²) in [5.74, 6) is 2.92. The molecule has 3 aromatic heterocycles. The molecule has 0 atom stereocenters. The second-order valence-corrected chi connectivity index (χ2v) is 7.64. The number of aryl methyl sites for hydroxylation is 1. The lowest BCUT2D eigenvalue weighted by Gasteiger charge is -2.09. The van der Waals surface area contributed by atoms with Gasteiger partial charge in [-0.2, -0.15) is 0 Å². The molecule has 0 unspecified atom stereocenters. The molecule has 0 radical (unpaired) electrons. The van der Waals surface area contributed by atoms with Crippen LogP contribution in [-0.2, 0) is 5.75 Å². The molecule has 5 aromatic rings. The number of hydrogen-bond acceptors (Lipinski definition) is 6. The minimum atomic E-state index is 0.592. The summed E-state index contributed by atoms with van der Waals surface area (Å²) in [7, 11) is 0. The van der Waals surface area contributed by atoms with Crippen molar-refractivity contribution in [3.63, 3.8) is 0 Å².